The molecule has 6 heteroatoms. The molecule has 0 radical (unpaired) electrons. The molecule has 0 aliphatic heterocycles. The van der Waals surface area contributed by atoms with Crippen LogP contribution in [0.25, 0.3) is 27.4 Å². The minimum atomic E-state index is -0.128. The highest BCUT2D eigenvalue weighted by Gasteiger charge is 2.13. The van der Waals surface area contributed by atoms with E-state index in [9.17, 15) is 4.79 Å². The van der Waals surface area contributed by atoms with Crippen LogP contribution >= 0.6 is 11.3 Å². The van der Waals surface area contributed by atoms with E-state index in [0.29, 0.717) is 11.2 Å². The summed E-state index contributed by atoms with van der Waals surface area (Å²) in [5, 5.41) is 10.9. The number of aromatic nitrogens is 4. The number of aryl methyl sites for hydroxylation is 1. The van der Waals surface area contributed by atoms with Gasteiger partial charge in [-0.15, -0.1) is 21.5 Å². The molecular weight excluding hydrogens is 272 g/mol. The molecule has 0 saturated heterocycles. The smallest absolute Gasteiger partial charge is 0.261 e. The molecule has 0 spiro atoms. The van der Waals surface area contributed by atoms with Gasteiger partial charge in [0.1, 0.15) is 4.83 Å². The Kier molecular flexibility index (Phi) is 2.28. The minimum Gasteiger partial charge on any atom is -0.290 e. The Morgan fingerprint density at radius 1 is 1.15 bits per heavy atom. The third kappa shape index (κ3) is 1.51. The molecular formula is C14H10N4OS. The lowest BCUT2D eigenvalue weighted by Gasteiger charge is -2.01. The molecule has 0 amide bonds. The molecule has 0 fully saturated rings. The lowest BCUT2D eigenvalue weighted by molar-refractivity contribution is 1.09. The Labute approximate surface area is 117 Å². The van der Waals surface area contributed by atoms with Crippen molar-refractivity contribution in [1.29, 1.82) is 0 Å². The van der Waals surface area contributed by atoms with E-state index in [1.165, 1.54) is 16.9 Å². The fraction of sp³-hybridized carbons (Fsp3) is 0.0714. The molecule has 0 aliphatic carbocycles. The van der Waals surface area contributed by atoms with Crippen molar-refractivity contribution < 1.29 is 0 Å². The zero-order valence-electron chi connectivity index (χ0n) is 10.6. The SMILES string of the molecule is Cc1ccc(-c2nnc3[nH]c(=O)c4ccsc4n23)cc1. The Bertz CT molecular complexity index is 978. The standard InChI is InChI=1S/C14H10N4OS/c1-8-2-4-9(5-3-8)11-16-17-14-15-12(19)10-6-7-20-13(10)18(11)14/h2-7H,1H3,(H,15,17,19). The molecule has 1 aromatic carbocycles. The summed E-state index contributed by atoms with van der Waals surface area (Å²) in [6.07, 6.45) is 0. The molecule has 0 aliphatic rings. The van der Waals surface area contributed by atoms with Crippen LogP contribution in [0.2, 0.25) is 0 Å². The van der Waals surface area contributed by atoms with E-state index >= 15 is 0 Å². The molecule has 1 N–H and O–H groups in total. The van der Waals surface area contributed by atoms with Crippen LogP contribution in [0.1, 0.15) is 5.56 Å². The summed E-state index contributed by atoms with van der Waals surface area (Å²) in [7, 11) is 0. The number of H-pyrrole nitrogens is 1. The largest absolute Gasteiger partial charge is 0.290 e. The second kappa shape index (κ2) is 4.01. The van der Waals surface area contributed by atoms with Gasteiger partial charge in [-0.1, -0.05) is 29.8 Å². The first kappa shape index (κ1) is 11.4. The van der Waals surface area contributed by atoms with E-state index in [-0.39, 0.29) is 5.56 Å². The lowest BCUT2D eigenvalue weighted by atomic mass is 10.1. The molecule has 3 heterocycles. The predicted molar refractivity (Wildman–Crippen MR) is 79.2 cm³/mol. The van der Waals surface area contributed by atoms with Crippen molar-refractivity contribution in [3.63, 3.8) is 0 Å². The number of nitrogens with one attached hydrogen (secondary N) is 1. The molecule has 5 nitrogen and oxygen atoms in total. The first-order chi connectivity index (χ1) is 9.74. The summed E-state index contributed by atoms with van der Waals surface area (Å²) in [5.74, 6) is 1.21. The molecule has 0 unspecified atom stereocenters. The fourth-order valence-corrected chi connectivity index (χ4v) is 3.16. The Balaban J connectivity index is 2.13. The van der Waals surface area contributed by atoms with Crippen molar-refractivity contribution in [3.8, 4) is 11.4 Å². The van der Waals surface area contributed by atoms with Gasteiger partial charge in [0.15, 0.2) is 5.82 Å². The fourth-order valence-electron chi connectivity index (χ4n) is 2.26. The Hall–Kier alpha value is -2.47. The van der Waals surface area contributed by atoms with Crippen LogP contribution in [-0.4, -0.2) is 19.6 Å². The van der Waals surface area contributed by atoms with Crippen LogP contribution in [0.15, 0.2) is 40.5 Å². The van der Waals surface area contributed by atoms with Crippen LogP contribution in [0.3, 0.4) is 0 Å². The van der Waals surface area contributed by atoms with Gasteiger partial charge in [0.2, 0.25) is 5.78 Å². The first-order valence-electron chi connectivity index (χ1n) is 6.16. The van der Waals surface area contributed by atoms with Crippen LogP contribution in [0, 0.1) is 6.92 Å². The van der Waals surface area contributed by atoms with Gasteiger partial charge in [-0.05, 0) is 18.4 Å². The number of benzene rings is 1. The maximum absolute atomic E-state index is 11.9. The van der Waals surface area contributed by atoms with Crippen LogP contribution < -0.4 is 5.56 Å². The van der Waals surface area contributed by atoms with Crippen molar-refractivity contribution in [1.82, 2.24) is 19.6 Å². The van der Waals surface area contributed by atoms with Crippen molar-refractivity contribution >= 4 is 27.3 Å². The topological polar surface area (TPSA) is 63.0 Å². The second-order valence-corrected chi connectivity index (χ2v) is 5.54. The summed E-state index contributed by atoms with van der Waals surface area (Å²) in [5.41, 5.74) is 2.04. The van der Waals surface area contributed by atoms with Crippen molar-refractivity contribution in [2.24, 2.45) is 0 Å². The average Bonchev–Trinajstić information content (AvgIpc) is 3.05. The first-order valence-corrected chi connectivity index (χ1v) is 7.04. The number of fused-ring (bicyclic) bond motifs is 3. The Morgan fingerprint density at radius 3 is 2.75 bits per heavy atom. The summed E-state index contributed by atoms with van der Waals surface area (Å²) in [6.45, 7) is 2.04. The van der Waals surface area contributed by atoms with Gasteiger partial charge in [0.25, 0.3) is 5.56 Å². The third-order valence-corrected chi connectivity index (χ3v) is 4.19. The van der Waals surface area contributed by atoms with Gasteiger partial charge in [-0.3, -0.25) is 14.2 Å². The van der Waals surface area contributed by atoms with Crippen molar-refractivity contribution in [2.45, 2.75) is 6.92 Å². The van der Waals surface area contributed by atoms with E-state index < -0.39 is 0 Å². The predicted octanol–water partition coefficient (Wildman–Crippen LogP) is 2.61. The maximum Gasteiger partial charge on any atom is 0.261 e. The normalized spacial score (nSPS) is 11.4. The monoisotopic (exact) mass is 282 g/mol. The van der Waals surface area contributed by atoms with Gasteiger partial charge in [-0.25, -0.2) is 0 Å². The number of hydrogen-bond acceptors (Lipinski definition) is 4. The van der Waals surface area contributed by atoms with Crippen LogP contribution in [0.4, 0.5) is 0 Å². The van der Waals surface area contributed by atoms with E-state index in [1.54, 1.807) is 0 Å². The Morgan fingerprint density at radius 2 is 1.95 bits per heavy atom. The van der Waals surface area contributed by atoms with Gasteiger partial charge in [-0.2, -0.15) is 0 Å². The molecule has 0 bridgehead atoms. The molecule has 3 aromatic heterocycles. The lowest BCUT2D eigenvalue weighted by Crippen LogP contribution is -2.08. The molecule has 0 saturated carbocycles. The quantitative estimate of drug-likeness (QED) is 0.583. The number of thiophene rings is 1. The van der Waals surface area contributed by atoms with Gasteiger partial charge in [0, 0.05) is 5.56 Å². The highest BCUT2D eigenvalue weighted by Crippen LogP contribution is 2.24. The summed E-state index contributed by atoms with van der Waals surface area (Å²) >= 11 is 1.51. The number of aromatic amines is 1. The van der Waals surface area contributed by atoms with Gasteiger partial charge >= 0.3 is 0 Å². The molecule has 20 heavy (non-hydrogen) atoms. The number of rotatable bonds is 1. The molecule has 4 rings (SSSR count). The van der Waals surface area contributed by atoms with Crippen molar-refractivity contribution in [3.05, 3.63) is 51.6 Å². The summed E-state index contributed by atoms with van der Waals surface area (Å²) in [6, 6.07) is 9.91. The van der Waals surface area contributed by atoms with Crippen LogP contribution in [0.5, 0.6) is 0 Å². The second-order valence-electron chi connectivity index (χ2n) is 4.64. The molecule has 98 valence electrons. The van der Waals surface area contributed by atoms with Crippen molar-refractivity contribution in [2.75, 3.05) is 0 Å². The van der Waals surface area contributed by atoms with Gasteiger partial charge in [0.05, 0.1) is 5.39 Å². The van der Waals surface area contributed by atoms with E-state index in [4.69, 9.17) is 0 Å². The summed E-state index contributed by atoms with van der Waals surface area (Å²) < 4.78 is 1.89. The van der Waals surface area contributed by atoms with Gasteiger partial charge < -0.3 is 0 Å². The van der Waals surface area contributed by atoms with E-state index in [2.05, 4.69) is 15.2 Å². The highest BCUT2D eigenvalue weighted by molar-refractivity contribution is 7.16. The zero-order valence-corrected chi connectivity index (χ0v) is 11.4. The maximum atomic E-state index is 11.9. The number of nitrogens with zero attached hydrogens (tertiary/aromatic N) is 3. The van der Waals surface area contributed by atoms with E-state index in [1.807, 2.05) is 47.0 Å². The molecule has 0 atom stereocenters. The highest BCUT2D eigenvalue weighted by atomic mass is 32.1. The third-order valence-electron chi connectivity index (χ3n) is 3.29. The van der Waals surface area contributed by atoms with Crippen LogP contribution in [-0.2, 0) is 0 Å². The summed E-state index contributed by atoms with van der Waals surface area (Å²) in [4.78, 5) is 15.5. The zero-order chi connectivity index (χ0) is 13.7. The number of hydrogen-bond donors (Lipinski definition) is 1. The van der Waals surface area contributed by atoms with E-state index in [0.717, 1.165) is 16.2 Å². The molecule has 4 aromatic rings. The minimum absolute atomic E-state index is 0.128. The average molecular weight is 282 g/mol.